The first-order chi connectivity index (χ1) is 4.30. The molecule has 2 nitrogen and oxygen atoms in total. The summed E-state index contributed by atoms with van der Waals surface area (Å²) in [6.07, 6.45) is 3.16. The Hall–Kier alpha value is -0.220. The van der Waals surface area contributed by atoms with Crippen molar-refractivity contribution < 1.29 is 4.79 Å². The molecule has 4 heteroatoms. The van der Waals surface area contributed by atoms with E-state index in [1.807, 2.05) is 0 Å². The molecule has 1 heterocycles. The van der Waals surface area contributed by atoms with Crippen LogP contribution in [0.5, 0.6) is 0 Å². The van der Waals surface area contributed by atoms with Crippen molar-refractivity contribution in [2.24, 2.45) is 0 Å². The molecule has 0 atom stereocenters. The molecule has 1 aromatic heterocycles. The number of aromatic nitrogens is 1. The Morgan fingerprint density at radius 1 is 1.40 bits per heavy atom. The minimum absolute atomic E-state index is 0. The van der Waals surface area contributed by atoms with Gasteiger partial charge in [0, 0.05) is 18.0 Å². The summed E-state index contributed by atoms with van der Waals surface area (Å²) in [5, 5.41) is 0. The fourth-order valence-corrected chi connectivity index (χ4v) is 0.747. The minimum Gasteiger partial charge on any atom is -0.281 e. The number of rotatable bonds is 1. The van der Waals surface area contributed by atoms with Gasteiger partial charge in [0.05, 0.1) is 0 Å². The van der Waals surface area contributed by atoms with E-state index in [2.05, 4.69) is 20.9 Å². The zero-order valence-corrected chi connectivity index (χ0v) is 8.25. The first kappa shape index (κ1) is 9.78. The van der Waals surface area contributed by atoms with E-state index in [1.54, 1.807) is 24.5 Å². The molecule has 0 aliphatic heterocycles. The highest BCUT2D eigenvalue weighted by Gasteiger charge is 1.95. The highest BCUT2D eigenvalue weighted by atomic mass is 79.9. The first-order valence-electron chi connectivity index (χ1n) is 2.40. The van der Waals surface area contributed by atoms with E-state index in [9.17, 15) is 4.79 Å². The topological polar surface area (TPSA) is 30.0 Å². The number of nitrogens with zero attached hydrogens (tertiary/aromatic N) is 1. The molecule has 0 unspecified atom stereocenters. The smallest absolute Gasteiger partial charge is 0.228 e. The van der Waals surface area contributed by atoms with E-state index in [-0.39, 0.29) is 21.7 Å². The Bertz CT molecular complexity index is 212. The Balaban J connectivity index is 0.000000810. The maximum Gasteiger partial charge on any atom is 0.228 e. The zero-order valence-electron chi connectivity index (χ0n) is 4.95. The van der Waals surface area contributed by atoms with Gasteiger partial charge in [-0.3, -0.25) is 9.78 Å². The van der Waals surface area contributed by atoms with Crippen LogP contribution in [0.25, 0.3) is 0 Å². The molecular formula is C6H5Br2NO. The van der Waals surface area contributed by atoms with E-state index < -0.39 is 0 Å². The van der Waals surface area contributed by atoms with Gasteiger partial charge in [-0.15, -0.1) is 17.0 Å². The van der Waals surface area contributed by atoms with Crippen molar-refractivity contribution in [3.63, 3.8) is 0 Å². The molecule has 0 N–H and O–H groups in total. The molecule has 1 aromatic rings. The van der Waals surface area contributed by atoms with Gasteiger partial charge in [-0.25, -0.2) is 0 Å². The number of halogens is 2. The Morgan fingerprint density at radius 2 is 1.90 bits per heavy atom. The SMILES string of the molecule is Br.O=C(Br)c1ccncc1. The number of carbonyl (C=O) groups is 1. The highest BCUT2D eigenvalue weighted by Crippen LogP contribution is 2.01. The van der Waals surface area contributed by atoms with Crippen molar-refractivity contribution in [2.45, 2.75) is 0 Å². The van der Waals surface area contributed by atoms with Crippen LogP contribution in [0.15, 0.2) is 24.5 Å². The molecule has 10 heavy (non-hydrogen) atoms. The predicted molar refractivity (Wildman–Crippen MR) is 47.8 cm³/mol. The number of carbonyl (C=O) groups excluding carboxylic acids is 1. The van der Waals surface area contributed by atoms with Crippen molar-refractivity contribution in [3.8, 4) is 0 Å². The summed E-state index contributed by atoms with van der Waals surface area (Å²) in [5.41, 5.74) is 0.630. The van der Waals surface area contributed by atoms with Crippen LogP contribution in [0.1, 0.15) is 10.4 Å². The maximum absolute atomic E-state index is 10.5. The lowest BCUT2D eigenvalue weighted by Gasteiger charge is -1.87. The van der Waals surface area contributed by atoms with Gasteiger partial charge >= 0.3 is 0 Å². The predicted octanol–water partition coefficient (Wildman–Crippen LogP) is 2.19. The lowest BCUT2D eigenvalue weighted by atomic mass is 10.3. The fourth-order valence-electron chi connectivity index (χ4n) is 0.483. The Morgan fingerprint density at radius 3 is 2.20 bits per heavy atom. The van der Waals surface area contributed by atoms with Crippen molar-refractivity contribution >= 4 is 37.6 Å². The van der Waals surface area contributed by atoms with Crippen molar-refractivity contribution in [1.29, 1.82) is 0 Å². The average molecular weight is 267 g/mol. The minimum atomic E-state index is -0.107. The number of pyridine rings is 1. The molecule has 0 aromatic carbocycles. The van der Waals surface area contributed by atoms with Crippen molar-refractivity contribution in [3.05, 3.63) is 30.1 Å². The van der Waals surface area contributed by atoms with Gasteiger partial charge in [0.25, 0.3) is 0 Å². The highest BCUT2D eigenvalue weighted by molar-refractivity contribution is 9.18. The van der Waals surface area contributed by atoms with Gasteiger partial charge in [0.1, 0.15) is 0 Å². The van der Waals surface area contributed by atoms with Gasteiger partial charge in [0.2, 0.25) is 4.69 Å². The Labute approximate surface area is 77.6 Å². The van der Waals surface area contributed by atoms with Crippen LogP contribution in [-0.4, -0.2) is 9.68 Å². The fraction of sp³-hybridized carbons (Fsp3) is 0. The van der Waals surface area contributed by atoms with Crippen LogP contribution in [0.3, 0.4) is 0 Å². The first-order valence-corrected chi connectivity index (χ1v) is 3.20. The molecule has 0 spiro atoms. The lowest BCUT2D eigenvalue weighted by molar-refractivity contribution is 0.109. The van der Waals surface area contributed by atoms with E-state index in [4.69, 9.17) is 0 Å². The second-order valence-electron chi connectivity index (χ2n) is 1.51. The van der Waals surface area contributed by atoms with Gasteiger partial charge in [-0.05, 0) is 28.1 Å². The van der Waals surface area contributed by atoms with E-state index in [0.717, 1.165) is 0 Å². The van der Waals surface area contributed by atoms with Crippen molar-refractivity contribution in [2.75, 3.05) is 0 Å². The average Bonchev–Trinajstić information content (AvgIpc) is 1.90. The third-order valence-corrected chi connectivity index (χ3v) is 1.37. The lowest BCUT2D eigenvalue weighted by Crippen LogP contribution is -1.85. The summed E-state index contributed by atoms with van der Waals surface area (Å²) >= 11 is 2.82. The van der Waals surface area contributed by atoms with Crippen LogP contribution >= 0.6 is 32.9 Å². The van der Waals surface area contributed by atoms with Crippen LogP contribution < -0.4 is 0 Å². The van der Waals surface area contributed by atoms with Gasteiger partial charge in [0.15, 0.2) is 0 Å². The summed E-state index contributed by atoms with van der Waals surface area (Å²) in [6.45, 7) is 0. The summed E-state index contributed by atoms with van der Waals surface area (Å²) < 4.78 is -0.107. The molecule has 0 saturated carbocycles. The zero-order chi connectivity index (χ0) is 6.69. The largest absolute Gasteiger partial charge is 0.281 e. The molecule has 54 valence electrons. The van der Waals surface area contributed by atoms with Gasteiger partial charge in [-0.2, -0.15) is 0 Å². The monoisotopic (exact) mass is 265 g/mol. The van der Waals surface area contributed by atoms with E-state index >= 15 is 0 Å². The second-order valence-corrected chi connectivity index (χ2v) is 2.23. The van der Waals surface area contributed by atoms with Crippen LogP contribution in [0.2, 0.25) is 0 Å². The van der Waals surface area contributed by atoms with E-state index in [1.165, 1.54) is 0 Å². The molecular weight excluding hydrogens is 262 g/mol. The third kappa shape index (κ3) is 2.58. The van der Waals surface area contributed by atoms with E-state index in [0.29, 0.717) is 5.56 Å². The second kappa shape index (κ2) is 4.57. The quantitative estimate of drug-likeness (QED) is 0.730. The normalized spacial score (nSPS) is 8.10. The molecule has 0 fully saturated rings. The van der Waals surface area contributed by atoms with Crippen LogP contribution in [0.4, 0.5) is 0 Å². The van der Waals surface area contributed by atoms with Crippen LogP contribution in [0, 0.1) is 0 Å². The molecule has 0 bridgehead atoms. The standard InChI is InChI=1S/C6H4BrNO.BrH/c7-6(9)5-1-3-8-4-2-5;/h1-4H;1H. The summed E-state index contributed by atoms with van der Waals surface area (Å²) in [6, 6.07) is 3.30. The van der Waals surface area contributed by atoms with Crippen molar-refractivity contribution in [1.82, 2.24) is 4.98 Å². The summed E-state index contributed by atoms with van der Waals surface area (Å²) in [4.78, 5) is 14.3. The molecule has 0 aliphatic carbocycles. The number of hydrogen-bond acceptors (Lipinski definition) is 2. The Kier molecular flexibility index (Phi) is 4.47. The molecule has 0 saturated heterocycles. The third-order valence-electron chi connectivity index (χ3n) is 0.907. The summed E-state index contributed by atoms with van der Waals surface area (Å²) in [7, 11) is 0. The molecule has 0 aliphatic rings. The molecule has 0 amide bonds. The summed E-state index contributed by atoms with van der Waals surface area (Å²) in [5.74, 6) is 0. The number of hydrogen-bond donors (Lipinski definition) is 0. The maximum atomic E-state index is 10.5. The van der Waals surface area contributed by atoms with Gasteiger partial charge < -0.3 is 0 Å². The van der Waals surface area contributed by atoms with Gasteiger partial charge in [-0.1, -0.05) is 0 Å². The van der Waals surface area contributed by atoms with Crippen LogP contribution in [-0.2, 0) is 0 Å². The molecule has 1 rings (SSSR count). The molecule has 0 radical (unpaired) electrons.